The first-order chi connectivity index (χ1) is 25.5. The van der Waals surface area contributed by atoms with Gasteiger partial charge in [-0.05, 0) is 32.0 Å². The fourth-order valence-electron chi connectivity index (χ4n) is 6.45. The van der Waals surface area contributed by atoms with Crippen LogP contribution in [0.2, 0.25) is 0 Å². The van der Waals surface area contributed by atoms with Gasteiger partial charge in [-0.25, -0.2) is 0 Å². The largest absolute Gasteiger partial charge is 0.507 e. The number of benzene rings is 2. The number of aromatic hydroxyl groups is 2. The minimum atomic E-state index is -1.98. The average molecular weight is 769 g/mol. The summed E-state index contributed by atoms with van der Waals surface area (Å²) in [4.78, 5) is 14.2. The first kappa shape index (κ1) is 39.9. The number of aliphatic hydroxyl groups excluding tert-OH is 8. The fraction of sp³-hybridized carbons (Fsp3) is 0.571. The van der Waals surface area contributed by atoms with E-state index < -0.39 is 121 Å². The molecule has 0 saturated carbocycles. The third kappa shape index (κ3) is 7.42. The summed E-state index contributed by atoms with van der Waals surface area (Å²) >= 11 is 0. The van der Waals surface area contributed by atoms with Gasteiger partial charge in [-0.1, -0.05) is 6.92 Å². The summed E-state index contributed by atoms with van der Waals surface area (Å²) in [7, 11) is 1.27. The van der Waals surface area contributed by atoms with E-state index >= 15 is 0 Å². The van der Waals surface area contributed by atoms with Crippen molar-refractivity contribution in [3.05, 3.63) is 40.6 Å². The van der Waals surface area contributed by atoms with Crippen molar-refractivity contribution in [1.29, 1.82) is 0 Å². The van der Waals surface area contributed by atoms with Crippen molar-refractivity contribution in [3.8, 4) is 40.1 Å². The molecule has 0 amide bonds. The lowest BCUT2D eigenvalue weighted by Gasteiger charge is -2.42. The molecule has 0 unspecified atom stereocenters. The number of ether oxygens (including phenoxy) is 7. The molecule has 0 bridgehead atoms. The summed E-state index contributed by atoms with van der Waals surface area (Å²) in [6, 6.07) is 5.99. The molecule has 2 aromatic carbocycles. The second-order valence-corrected chi connectivity index (χ2v) is 13.6. The Balaban J connectivity index is 1.35. The van der Waals surface area contributed by atoms with E-state index in [0.29, 0.717) is 0 Å². The minimum Gasteiger partial charge on any atom is -0.507 e. The van der Waals surface area contributed by atoms with Crippen LogP contribution < -0.4 is 19.6 Å². The highest BCUT2D eigenvalue weighted by molar-refractivity contribution is 5.88. The zero-order valence-corrected chi connectivity index (χ0v) is 29.4. The zero-order chi connectivity index (χ0) is 39.3. The lowest BCUT2D eigenvalue weighted by Crippen LogP contribution is -2.61. The Morgan fingerprint density at radius 2 is 1.30 bits per heavy atom. The quantitative estimate of drug-likeness (QED) is 0.117. The summed E-state index contributed by atoms with van der Waals surface area (Å²) in [6.45, 7) is 4.24. The number of hydrogen-bond acceptors (Lipinski definition) is 19. The van der Waals surface area contributed by atoms with E-state index in [1.165, 1.54) is 38.3 Å². The highest BCUT2D eigenvalue weighted by Gasteiger charge is 2.48. The standard InChI is InChI=1S/C35H44O19/c1-11-12(2)49-33(28(44)22(11)38)48-10-20-24(40)27(43)30(46)35(53-20)54-32-25(41)21-17(37)8-15(51-34-29(45)26(42)23(39)13(3)50-34)9-19(21)52-31(32)14-5-6-16(36)18(7-14)47-4/h5-9,11-13,20,22-24,26-30,33-40,42-46H,10H2,1-4H3/t11-,12-,13-,20+,22+,23-,24-,26+,27-,28+,29+,30+,33+,34-,35-/m0/s1. The van der Waals surface area contributed by atoms with Gasteiger partial charge >= 0.3 is 0 Å². The van der Waals surface area contributed by atoms with Gasteiger partial charge in [-0.3, -0.25) is 4.79 Å². The predicted octanol–water partition coefficient (Wildman–Crippen LogP) is -1.61. The molecule has 19 heteroatoms. The van der Waals surface area contributed by atoms with Gasteiger partial charge < -0.3 is 88.6 Å². The molecule has 1 aromatic heterocycles. The van der Waals surface area contributed by atoms with Crippen LogP contribution in [0.3, 0.4) is 0 Å². The van der Waals surface area contributed by atoms with Gasteiger partial charge in [0.25, 0.3) is 0 Å². The fourth-order valence-corrected chi connectivity index (χ4v) is 6.45. The van der Waals surface area contributed by atoms with Crippen LogP contribution in [0.15, 0.2) is 39.5 Å². The van der Waals surface area contributed by atoms with E-state index in [1.807, 2.05) is 0 Å². The molecule has 0 aliphatic carbocycles. The number of hydrogen-bond donors (Lipinski definition) is 10. The molecule has 0 radical (unpaired) electrons. The van der Waals surface area contributed by atoms with E-state index in [4.69, 9.17) is 37.6 Å². The number of aliphatic hydroxyl groups is 8. The van der Waals surface area contributed by atoms with Crippen molar-refractivity contribution in [2.45, 2.75) is 107 Å². The Bertz CT molecular complexity index is 1850. The molecule has 3 fully saturated rings. The normalized spacial score (nSPS) is 37.2. The van der Waals surface area contributed by atoms with Crippen molar-refractivity contribution in [3.63, 3.8) is 0 Å². The monoisotopic (exact) mass is 768 g/mol. The van der Waals surface area contributed by atoms with Gasteiger partial charge in [-0.15, -0.1) is 0 Å². The molecule has 4 heterocycles. The maximum atomic E-state index is 14.2. The van der Waals surface area contributed by atoms with Crippen molar-refractivity contribution in [1.82, 2.24) is 0 Å². The molecule has 10 N–H and O–H groups in total. The SMILES string of the molecule is COc1cc(-c2oc3cc(O[C@@H]4O[C@@H](C)[C@H](O)[C@@H](O)[C@H]4O)cc(O)c3c(=O)c2O[C@@H]2O[C@H](CO[C@@H]3O[C@@H](C)[C@H](C)[C@@H](O)[C@H]3O)[C@H](O)[C@H](O)[C@H]2O)ccc1O. The van der Waals surface area contributed by atoms with Crippen LogP contribution in [0, 0.1) is 5.92 Å². The molecule has 3 aliphatic rings. The first-order valence-corrected chi connectivity index (χ1v) is 17.1. The Morgan fingerprint density at radius 3 is 1.98 bits per heavy atom. The maximum absolute atomic E-state index is 14.2. The highest BCUT2D eigenvalue weighted by atomic mass is 16.7. The average Bonchev–Trinajstić information content (AvgIpc) is 3.14. The number of methoxy groups -OCH3 is 1. The van der Waals surface area contributed by atoms with Crippen LogP contribution in [0.1, 0.15) is 20.8 Å². The molecule has 298 valence electrons. The van der Waals surface area contributed by atoms with Crippen molar-refractivity contribution in [2.75, 3.05) is 13.7 Å². The van der Waals surface area contributed by atoms with E-state index in [1.54, 1.807) is 13.8 Å². The van der Waals surface area contributed by atoms with Crippen molar-refractivity contribution >= 4 is 11.0 Å². The van der Waals surface area contributed by atoms with Crippen LogP contribution in [0.25, 0.3) is 22.3 Å². The van der Waals surface area contributed by atoms with Crippen LogP contribution in [0.5, 0.6) is 28.7 Å². The molecule has 3 aliphatic heterocycles. The van der Waals surface area contributed by atoms with Crippen LogP contribution >= 0.6 is 0 Å². The molecule has 54 heavy (non-hydrogen) atoms. The summed E-state index contributed by atoms with van der Waals surface area (Å²) in [6.07, 6.45) is -20.7. The van der Waals surface area contributed by atoms with E-state index in [9.17, 15) is 55.9 Å². The molecule has 6 rings (SSSR count). The maximum Gasteiger partial charge on any atom is 0.239 e. The van der Waals surface area contributed by atoms with E-state index in [2.05, 4.69) is 0 Å². The number of phenols is 2. The second kappa shape index (κ2) is 15.7. The molecule has 3 saturated heterocycles. The summed E-state index contributed by atoms with van der Waals surface area (Å²) in [5.41, 5.74) is -1.26. The van der Waals surface area contributed by atoms with E-state index in [0.717, 1.165) is 6.07 Å². The lowest BCUT2D eigenvalue weighted by atomic mass is 9.92. The van der Waals surface area contributed by atoms with Gasteiger partial charge in [0.05, 0.1) is 32.0 Å². The van der Waals surface area contributed by atoms with Crippen LogP contribution in [-0.2, 0) is 18.9 Å². The van der Waals surface area contributed by atoms with Gasteiger partial charge in [0.1, 0.15) is 71.3 Å². The zero-order valence-electron chi connectivity index (χ0n) is 29.4. The van der Waals surface area contributed by atoms with Gasteiger partial charge in [0, 0.05) is 23.6 Å². The van der Waals surface area contributed by atoms with Gasteiger partial charge in [0.15, 0.2) is 23.5 Å². The minimum absolute atomic E-state index is 0.0508. The van der Waals surface area contributed by atoms with Crippen molar-refractivity contribution < 1.29 is 88.6 Å². The molecule has 15 atom stereocenters. The smallest absolute Gasteiger partial charge is 0.239 e. The summed E-state index contributed by atoms with van der Waals surface area (Å²) in [5.74, 6) is -2.68. The predicted molar refractivity (Wildman–Crippen MR) is 180 cm³/mol. The van der Waals surface area contributed by atoms with E-state index in [-0.39, 0.29) is 34.2 Å². The molecular weight excluding hydrogens is 724 g/mol. The van der Waals surface area contributed by atoms with Gasteiger partial charge in [-0.2, -0.15) is 0 Å². The van der Waals surface area contributed by atoms with Gasteiger partial charge in [0.2, 0.25) is 23.8 Å². The first-order valence-electron chi connectivity index (χ1n) is 17.1. The molecule has 0 spiro atoms. The molecular formula is C35H44O19. The Labute approximate surface area is 306 Å². The number of phenolic OH excluding ortho intramolecular Hbond substituents is 2. The summed E-state index contributed by atoms with van der Waals surface area (Å²) < 4.78 is 45.3. The lowest BCUT2D eigenvalue weighted by molar-refractivity contribution is -0.313. The number of fused-ring (bicyclic) bond motifs is 1. The summed E-state index contributed by atoms with van der Waals surface area (Å²) in [5, 5.41) is 105. The Kier molecular flexibility index (Phi) is 11.6. The van der Waals surface area contributed by atoms with Crippen LogP contribution in [0.4, 0.5) is 0 Å². The third-order valence-electron chi connectivity index (χ3n) is 9.99. The molecule has 19 nitrogen and oxygen atoms in total. The highest BCUT2D eigenvalue weighted by Crippen LogP contribution is 2.40. The third-order valence-corrected chi connectivity index (χ3v) is 9.99. The second-order valence-electron chi connectivity index (χ2n) is 13.6. The van der Waals surface area contributed by atoms with Crippen molar-refractivity contribution in [2.24, 2.45) is 5.92 Å². The molecule has 3 aromatic rings. The number of rotatable bonds is 9. The van der Waals surface area contributed by atoms with Crippen LogP contribution in [-0.4, -0.2) is 151 Å². The Morgan fingerprint density at radius 1 is 0.667 bits per heavy atom. The Hall–Kier alpha value is -3.83. The topological polar surface area (TPSA) is 297 Å².